The third-order valence-corrected chi connectivity index (χ3v) is 4.17. The summed E-state index contributed by atoms with van der Waals surface area (Å²) in [6.07, 6.45) is 3.40. The molecule has 1 N–H and O–H groups in total. The number of Topliss-reactive ketones (excluding diaryl/α,β-unsaturated/α-hetero) is 1. The van der Waals surface area contributed by atoms with Gasteiger partial charge < -0.3 is 14.8 Å². The van der Waals surface area contributed by atoms with Gasteiger partial charge in [-0.15, -0.1) is 0 Å². The molecule has 1 aliphatic carbocycles. The number of unbranched alkanes of at least 4 members (excludes halogenated alkanes) is 1. The number of ether oxygens (including phenoxy) is 2. The van der Waals surface area contributed by atoms with E-state index in [1.165, 1.54) is 7.11 Å². The average molecular weight is 331 g/mol. The summed E-state index contributed by atoms with van der Waals surface area (Å²) in [4.78, 5) is 25.3. The van der Waals surface area contributed by atoms with E-state index in [-0.39, 0.29) is 17.3 Å². The number of methoxy groups -OCH3 is 2. The summed E-state index contributed by atoms with van der Waals surface area (Å²) in [6, 6.07) is 3.46. The Morgan fingerprint density at radius 2 is 1.67 bits per heavy atom. The fraction of sp³-hybridized carbons (Fsp3) is 0.474. The number of hydrogen-bond donors (Lipinski definition) is 1. The fourth-order valence-corrected chi connectivity index (χ4v) is 2.94. The predicted molar refractivity (Wildman–Crippen MR) is 93.6 cm³/mol. The lowest BCUT2D eigenvalue weighted by Gasteiger charge is -2.11. The van der Waals surface area contributed by atoms with Crippen LogP contribution in [-0.4, -0.2) is 32.5 Å². The highest BCUT2D eigenvalue weighted by Gasteiger charge is 2.34. The first-order chi connectivity index (χ1) is 11.6. The van der Waals surface area contributed by atoms with Crippen LogP contribution in [0, 0.1) is 0 Å². The van der Waals surface area contributed by atoms with Crippen LogP contribution in [0.4, 0.5) is 0 Å². The van der Waals surface area contributed by atoms with Gasteiger partial charge in [-0.05, 0) is 36.1 Å². The van der Waals surface area contributed by atoms with Crippen molar-refractivity contribution in [3.8, 4) is 11.5 Å². The van der Waals surface area contributed by atoms with Crippen molar-refractivity contribution in [2.45, 2.75) is 39.5 Å². The highest BCUT2D eigenvalue weighted by Crippen LogP contribution is 2.41. The molecule has 0 saturated carbocycles. The molecule has 1 aromatic carbocycles. The maximum absolute atomic E-state index is 12.8. The van der Waals surface area contributed by atoms with Crippen molar-refractivity contribution < 1.29 is 19.1 Å². The molecule has 0 aromatic heterocycles. The molecule has 24 heavy (non-hydrogen) atoms. The first kappa shape index (κ1) is 18.0. The summed E-state index contributed by atoms with van der Waals surface area (Å²) < 4.78 is 10.6. The monoisotopic (exact) mass is 331 g/mol. The lowest BCUT2D eigenvalue weighted by atomic mass is 10.00. The average Bonchev–Trinajstić information content (AvgIpc) is 2.85. The molecule has 0 unspecified atom stereocenters. The Morgan fingerprint density at radius 3 is 2.21 bits per heavy atom. The van der Waals surface area contributed by atoms with E-state index in [0.717, 1.165) is 30.4 Å². The smallest absolute Gasteiger partial charge is 0.255 e. The summed E-state index contributed by atoms with van der Waals surface area (Å²) in [5, 5.41) is 2.86. The molecular weight excluding hydrogens is 306 g/mol. The van der Waals surface area contributed by atoms with Crippen LogP contribution in [0.5, 0.6) is 11.5 Å². The molecule has 0 heterocycles. The second-order valence-electron chi connectivity index (χ2n) is 5.79. The third kappa shape index (κ3) is 3.30. The summed E-state index contributed by atoms with van der Waals surface area (Å²) in [5.41, 5.74) is 2.35. The topological polar surface area (TPSA) is 64.6 Å². The Hall–Kier alpha value is -2.30. The zero-order valence-corrected chi connectivity index (χ0v) is 14.8. The van der Waals surface area contributed by atoms with Crippen LogP contribution in [0.1, 0.15) is 55.5 Å². The minimum Gasteiger partial charge on any atom is -0.493 e. The molecular formula is C19H25NO4. The van der Waals surface area contributed by atoms with Crippen molar-refractivity contribution in [1.29, 1.82) is 0 Å². The van der Waals surface area contributed by atoms with E-state index in [1.54, 1.807) is 19.2 Å². The standard InChI is InChI=1S/C19H25NO4/c1-5-7-9-20-19(22)17-12(8-6-2)13-10-15(23-3)16(24-4)11-14(13)18(17)21/h10-11H,5-9H2,1-4H3,(H,20,22). The maximum atomic E-state index is 12.8. The molecule has 2 rings (SSSR count). The van der Waals surface area contributed by atoms with Crippen molar-refractivity contribution in [2.75, 3.05) is 20.8 Å². The summed E-state index contributed by atoms with van der Waals surface area (Å²) in [6.45, 7) is 4.67. The first-order valence-corrected chi connectivity index (χ1v) is 8.41. The molecule has 0 radical (unpaired) electrons. The number of allylic oxidation sites excluding steroid dienone is 1. The molecule has 130 valence electrons. The van der Waals surface area contributed by atoms with Crippen LogP contribution in [0.25, 0.3) is 5.57 Å². The number of ketones is 1. The highest BCUT2D eigenvalue weighted by atomic mass is 16.5. The number of hydrogen-bond acceptors (Lipinski definition) is 4. The van der Waals surface area contributed by atoms with Crippen LogP contribution in [0.2, 0.25) is 0 Å². The molecule has 0 bridgehead atoms. The Kier molecular flexibility index (Phi) is 6.01. The number of nitrogens with one attached hydrogen (secondary N) is 1. The van der Waals surface area contributed by atoms with Gasteiger partial charge in [0.25, 0.3) is 5.91 Å². The van der Waals surface area contributed by atoms with E-state index < -0.39 is 0 Å². The van der Waals surface area contributed by atoms with Gasteiger partial charge in [0.05, 0.1) is 19.8 Å². The van der Waals surface area contributed by atoms with Crippen LogP contribution < -0.4 is 14.8 Å². The lowest BCUT2D eigenvalue weighted by molar-refractivity contribution is -0.117. The van der Waals surface area contributed by atoms with Gasteiger partial charge in [-0.2, -0.15) is 0 Å². The van der Waals surface area contributed by atoms with Crippen LogP contribution in [-0.2, 0) is 4.79 Å². The molecule has 1 aromatic rings. The Bertz CT molecular complexity index is 676. The quantitative estimate of drug-likeness (QED) is 0.586. The second-order valence-corrected chi connectivity index (χ2v) is 5.79. The van der Waals surface area contributed by atoms with Crippen LogP contribution in [0.15, 0.2) is 17.7 Å². The van der Waals surface area contributed by atoms with Gasteiger partial charge in [0.1, 0.15) is 0 Å². The van der Waals surface area contributed by atoms with Crippen molar-refractivity contribution in [3.63, 3.8) is 0 Å². The van der Waals surface area contributed by atoms with Crippen LogP contribution >= 0.6 is 0 Å². The van der Waals surface area contributed by atoms with Gasteiger partial charge >= 0.3 is 0 Å². The number of rotatable bonds is 8. The van der Waals surface area contributed by atoms with E-state index in [1.807, 2.05) is 6.92 Å². The van der Waals surface area contributed by atoms with Gasteiger partial charge in [-0.3, -0.25) is 9.59 Å². The Morgan fingerprint density at radius 1 is 1.04 bits per heavy atom. The van der Waals surface area contributed by atoms with Gasteiger partial charge in [0.15, 0.2) is 17.3 Å². The maximum Gasteiger partial charge on any atom is 0.255 e. The number of benzene rings is 1. The molecule has 5 heteroatoms. The SMILES string of the molecule is CCCCNC(=O)C1=C(CCC)c2cc(OC)c(OC)cc2C1=O. The second kappa shape index (κ2) is 7.99. The van der Waals surface area contributed by atoms with Crippen molar-refractivity contribution >= 4 is 17.3 Å². The Labute approximate surface area is 143 Å². The molecule has 0 atom stereocenters. The first-order valence-electron chi connectivity index (χ1n) is 8.41. The molecule has 0 spiro atoms. The number of fused-ring (bicyclic) bond motifs is 1. The summed E-state index contributed by atoms with van der Waals surface area (Å²) >= 11 is 0. The lowest BCUT2D eigenvalue weighted by Crippen LogP contribution is -2.28. The molecule has 0 fully saturated rings. The van der Waals surface area contributed by atoms with Gasteiger partial charge in [-0.1, -0.05) is 26.7 Å². The van der Waals surface area contributed by atoms with E-state index in [4.69, 9.17) is 9.47 Å². The molecule has 0 saturated heterocycles. The zero-order chi connectivity index (χ0) is 17.7. The van der Waals surface area contributed by atoms with Crippen LogP contribution in [0.3, 0.4) is 0 Å². The molecule has 5 nitrogen and oxygen atoms in total. The molecule has 1 amide bonds. The van der Waals surface area contributed by atoms with Gasteiger partial charge in [0, 0.05) is 12.1 Å². The summed E-state index contributed by atoms with van der Waals surface area (Å²) in [5.74, 6) is 0.535. The Balaban J connectivity index is 2.46. The number of amides is 1. The number of carbonyl (C=O) groups excluding carboxylic acids is 2. The van der Waals surface area contributed by atoms with E-state index in [2.05, 4.69) is 12.2 Å². The van der Waals surface area contributed by atoms with E-state index >= 15 is 0 Å². The zero-order valence-electron chi connectivity index (χ0n) is 14.8. The van der Waals surface area contributed by atoms with E-state index in [9.17, 15) is 9.59 Å². The summed E-state index contributed by atoms with van der Waals surface area (Å²) in [7, 11) is 3.09. The highest BCUT2D eigenvalue weighted by molar-refractivity contribution is 6.34. The van der Waals surface area contributed by atoms with Crippen molar-refractivity contribution in [1.82, 2.24) is 5.32 Å². The van der Waals surface area contributed by atoms with Gasteiger partial charge in [-0.25, -0.2) is 0 Å². The van der Waals surface area contributed by atoms with Gasteiger partial charge in [0.2, 0.25) is 0 Å². The minimum absolute atomic E-state index is 0.233. The number of carbonyl (C=O) groups is 2. The predicted octanol–water partition coefficient (Wildman–Crippen LogP) is 3.37. The normalized spacial score (nSPS) is 13.1. The largest absolute Gasteiger partial charge is 0.493 e. The van der Waals surface area contributed by atoms with Crippen molar-refractivity contribution in [3.05, 3.63) is 28.8 Å². The fourth-order valence-electron chi connectivity index (χ4n) is 2.94. The minimum atomic E-state index is -0.286. The molecule has 0 aliphatic heterocycles. The third-order valence-electron chi connectivity index (χ3n) is 4.17. The molecule has 1 aliphatic rings. The van der Waals surface area contributed by atoms with Crippen molar-refractivity contribution in [2.24, 2.45) is 0 Å². The van der Waals surface area contributed by atoms with E-state index in [0.29, 0.717) is 30.0 Å².